The molecule has 2 nitrogen and oxygen atoms in total. The Kier molecular flexibility index (Phi) is 2.73. The fourth-order valence-corrected chi connectivity index (χ4v) is 3.07. The van der Waals surface area contributed by atoms with Gasteiger partial charge in [-0.1, -0.05) is 24.3 Å². The van der Waals surface area contributed by atoms with Gasteiger partial charge in [0.2, 0.25) is 0 Å². The van der Waals surface area contributed by atoms with Crippen molar-refractivity contribution in [2.24, 2.45) is 4.99 Å². The first-order valence-corrected chi connectivity index (χ1v) is 6.83. The van der Waals surface area contributed by atoms with Crippen LogP contribution in [0.15, 0.2) is 41.9 Å². The van der Waals surface area contributed by atoms with E-state index in [1.807, 2.05) is 6.08 Å². The maximum absolute atomic E-state index is 4.87. The predicted octanol–water partition coefficient (Wildman–Crippen LogP) is 3.66. The van der Waals surface area contributed by atoms with Crippen LogP contribution in [-0.4, -0.2) is 23.8 Å². The molecule has 0 aromatic heterocycles. The van der Waals surface area contributed by atoms with Gasteiger partial charge in [-0.3, -0.25) is 0 Å². The number of rotatable bonds is 1. The second-order valence-corrected chi connectivity index (χ2v) is 5.41. The molecule has 2 aliphatic rings. The molecule has 18 heavy (non-hydrogen) atoms. The standard InChI is InChI=1S/C16H20N2/c1-3-16(2)13-9-5-6-10-14(13)17-15(16)18-11-7-4-8-12-18/h3,5-6,9-10H,1,4,7-8,11-12H2,2H3/t16-/m0/s1. The third-order valence-electron chi connectivity index (χ3n) is 4.22. The van der Waals surface area contributed by atoms with Crippen molar-refractivity contribution in [3.8, 4) is 0 Å². The molecule has 1 saturated heterocycles. The van der Waals surface area contributed by atoms with Crippen molar-refractivity contribution >= 4 is 11.5 Å². The van der Waals surface area contributed by atoms with Crippen molar-refractivity contribution in [1.82, 2.24) is 4.90 Å². The molecule has 1 atom stereocenters. The van der Waals surface area contributed by atoms with E-state index in [-0.39, 0.29) is 5.41 Å². The van der Waals surface area contributed by atoms with Crippen molar-refractivity contribution in [1.29, 1.82) is 0 Å². The molecule has 1 aromatic rings. The fraction of sp³-hybridized carbons (Fsp3) is 0.438. The largest absolute Gasteiger partial charge is 0.359 e. The lowest BCUT2D eigenvalue weighted by Gasteiger charge is -2.35. The Morgan fingerprint density at radius 1 is 1.22 bits per heavy atom. The van der Waals surface area contributed by atoms with Gasteiger partial charge in [0.15, 0.2) is 0 Å². The van der Waals surface area contributed by atoms with E-state index in [9.17, 15) is 0 Å². The molecule has 2 aliphatic heterocycles. The summed E-state index contributed by atoms with van der Waals surface area (Å²) in [4.78, 5) is 7.32. The van der Waals surface area contributed by atoms with Crippen molar-refractivity contribution in [2.75, 3.05) is 13.1 Å². The summed E-state index contributed by atoms with van der Waals surface area (Å²) in [5.41, 5.74) is 2.29. The van der Waals surface area contributed by atoms with E-state index < -0.39 is 0 Å². The smallest absolute Gasteiger partial charge is 0.119 e. The highest BCUT2D eigenvalue weighted by Crippen LogP contribution is 2.42. The molecule has 3 rings (SSSR count). The van der Waals surface area contributed by atoms with Gasteiger partial charge >= 0.3 is 0 Å². The van der Waals surface area contributed by atoms with Crippen LogP contribution in [-0.2, 0) is 5.41 Å². The summed E-state index contributed by atoms with van der Waals surface area (Å²) in [5, 5.41) is 0. The minimum atomic E-state index is -0.117. The number of nitrogens with zero attached hydrogens (tertiary/aromatic N) is 2. The third-order valence-corrected chi connectivity index (χ3v) is 4.22. The average molecular weight is 240 g/mol. The highest BCUT2D eigenvalue weighted by molar-refractivity contribution is 6.01. The number of para-hydroxylation sites is 1. The molecule has 2 heterocycles. The monoisotopic (exact) mass is 240 g/mol. The molecule has 0 spiro atoms. The van der Waals surface area contributed by atoms with E-state index in [1.54, 1.807) is 0 Å². The van der Waals surface area contributed by atoms with E-state index in [0.717, 1.165) is 18.8 Å². The van der Waals surface area contributed by atoms with Crippen LogP contribution in [0.2, 0.25) is 0 Å². The SMILES string of the molecule is C=C[C@]1(C)C(N2CCCCC2)=Nc2ccccc21. The Balaban J connectivity index is 2.03. The first-order chi connectivity index (χ1) is 8.75. The van der Waals surface area contributed by atoms with E-state index in [1.165, 1.54) is 30.7 Å². The lowest BCUT2D eigenvalue weighted by Crippen LogP contribution is -2.44. The van der Waals surface area contributed by atoms with Crippen LogP contribution in [0.5, 0.6) is 0 Å². The second kappa shape index (κ2) is 4.27. The van der Waals surface area contributed by atoms with Crippen molar-refractivity contribution in [3.63, 3.8) is 0 Å². The zero-order valence-corrected chi connectivity index (χ0v) is 11.0. The topological polar surface area (TPSA) is 15.6 Å². The number of hydrogen-bond acceptors (Lipinski definition) is 2. The minimum absolute atomic E-state index is 0.117. The molecular weight excluding hydrogens is 220 g/mol. The van der Waals surface area contributed by atoms with E-state index in [4.69, 9.17) is 4.99 Å². The molecule has 0 bridgehead atoms. The zero-order chi connectivity index (χ0) is 12.6. The molecule has 0 radical (unpaired) electrons. The molecule has 94 valence electrons. The number of hydrogen-bond donors (Lipinski definition) is 0. The van der Waals surface area contributed by atoms with Crippen LogP contribution in [0.3, 0.4) is 0 Å². The Morgan fingerprint density at radius 3 is 2.67 bits per heavy atom. The molecule has 1 fully saturated rings. The summed E-state index contributed by atoms with van der Waals surface area (Å²) in [6.07, 6.45) is 5.96. The maximum atomic E-state index is 4.87. The minimum Gasteiger partial charge on any atom is -0.359 e. The predicted molar refractivity (Wildman–Crippen MR) is 76.5 cm³/mol. The Morgan fingerprint density at radius 2 is 1.94 bits per heavy atom. The first-order valence-electron chi connectivity index (χ1n) is 6.83. The molecule has 0 unspecified atom stereocenters. The van der Waals surface area contributed by atoms with Gasteiger partial charge in [-0.25, -0.2) is 4.99 Å². The first kappa shape index (κ1) is 11.5. The quantitative estimate of drug-likeness (QED) is 0.684. The van der Waals surface area contributed by atoms with Crippen LogP contribution in [0.25, 0.3) is 0 Å². The van der Waals surface area contributed by atoms with Gasteiger partial charge < -0.3 is 4.90 Å². The number of benzene rings is 1. The molecule has 2 heteroatoms. The summed E-state index contributed by atoms with van der Waals surface area (Å²) in [6.45, 7) is 8.56. The Labute approximate surface area is 109 Å². The number of piperidine rings is 1. The van der Waals surface area contributed by atoms with Crippen LogP contribution >= 0.6 is 0 Å². The number of amidine groups is 1. The zero-order valence-electron chi connectivity index (χ0n) is 11.0. The highest BCUT2D eigenvalue weighted by atomic mass is 15.2. The molecular formula is C16H20N2. The normalized spacial score (nSPS) is 26.7. The summed E-state index contributed by atoms with van der Waals surface area (Å²) < 4.78 is 0. The van der Waals surface area contributed by atoms with Crippen LogP contribution < -0.4 is 0 Å². The maximum Gasteiger partial charge on any atom is 0.119 e. The molecule has 0 saturated carbocycles. The summed E-state index contributed by atoms with van der Waals surface area (Å²) in [7, 11) is 0. The van der Waals surface area contributed by atoms with Crippen LogP contribution in [0.4, 0.5) is 5.69 Å². The van der Waals surface area contributed by atoms with Crippen molar-refractivity contribution in [2.45, 2.75) is 31.6 Å². The van der Waals surface area contributed by atoms with Gasteiger partial charge in [-0.2, -0.15) is 0 Å². The highest BCUT2D eigenvalue weighted by Gasteiger charge is 2.39. The Hall–Kier alpha value is -1.57. The van der Waals surface area contributed by atoms with Gasteiger partial charge in [0.05, 0.1) is 11.1 Å². The third kappa shape index (κ3) is 1.59. The van der Waals surface area contributed by atoms with Gasteiger partial charge in [0, 0.05) is 13.1 Å². The lowest BCUT2D eigenvalue weighted by atomic mass is 9.81. The number of fused-ring (bicyclic) bond motifs is 1. The fourth-order valence-electron chi connectivity index (χ4n) is 3.07. The second-order valence-electron chi connectivity index (χ2n) is 5.41. The van der Waals surface area contributed by atoms with E-state index in [0.29, 0.717) is 0 Å². The molecule has 0 amide bonds. The van der Waals surface area contributed by atoms with Gasteiger partial charge in [-0.05, 0) is 37.8 Å². The van der Waals surface area contributed by atoms with E-state index >= 15 is 0 Å². The van der Waals surface area contributed by atoms with Gasteiger partial charge in [-0.15, -0.1) is 6.58 Å². The lowest BCUT2D eigenvalue weighted by molar-refractivity contribution is 0.329. The Bertz CT molecular complexity index is 498. The van der Waals surface area contributed by atoms with Crippen molar-refractivity contribution < 1.29 is 0 Å². The summed E-state index contributed by atoms with van der Waals surface area (Å²) >= 11 is 0. The summed E-state index contributed by atoms with van der Waals surface area (Å²) in [5.74, 6) is 1.19. The van der Waals surface area contributed by atoms with Crippen LogP contribution in [0.1, 0.15) is 31.7 Å². The van der Waals surface area contributed by atoms with Crippen molar-refractivity contribution in [3.05, 3.63) is 42.5 Å². The average Bonchev–Trinajstić information content (AvgIpc) is 2.74. The number of likely N-dealkylation sites (tertiary alicyclic amines) is 1. The molecule has 0 aliphatic carbocycles. The van der Waals surface area contributed by atoms with Gasteiger partial charge in [0.1, 0.15) is 5.84 Å². The van der Waals surface area contributed by atoms with Gasteiger partial charge in [0.25, 0.3) is 0 Å². The van der Waals surface area contributed by atoms with Crippen LogP contribution in [0, 0.1) is 0 Å². The molecule has 1 aromatic carbocycles. The number of aliphatic imine (C=N–C) groups is 1. The summed E-state index contributed by atoms with van der Waals surface area (Å²) in [6, 6.07) is 8.44. The van der Waals surface area contributed by atoms with E-state index in [2.05, 4.69) is 42.7 Å². The molecule has 0 N–H and O–H groups in total.